The third-order valence-corrected chi connectivity index (χ3v) is 8.56. The number of hydrogen-bond donors (Lipinski definition) is 1. The zero-order valence-electron chi connectivity index (χ0n) is 17.0. The molecule has 7 nitrogen and oxygen atoms in total. The Bertz CT molecular complexity index is 787. The quantitative estimate of drug-likeness (QED) is 0.654. The van der Waals surface area contributed by atoms with E-state index < -0.39 is 9.84 Å². The SMILES string of the molecule is CCN(C(=O)CN1CCC(C(=O)NCCc2cccs2)CC1)C1CCS(=O)(=O)C1. The maximum Gasteiger partial charge on any atom is 0.237 e. The third kappa shape index (κ3) is 6.26. The number of carbonyl (C=O) groups is 2. The van der Waals surface area contributed by atoms with Gasteiger partial charge in [-0.1, -0.05) is 6.07 Å². The van der Waals surface area contributed by atoms with Gasteiger partial charge >= 0.3 is 0 Å². The summed E-state index contributed by atoms with van der Waals surface area (Å²) < 4.78 is 23.5. The van der Waals surface area contributed by atoms with E-state index in [1.165, 1.54) is 4.88 Å². The molecular weight excluding hydrogens is 410 g/mol. The number of nitrogens with one attached hydrogen (secondary N) is 1. The predicted molar refractivity (Wildman–Crippen MR) is 115 cm³/mol. The van der Waals surface area contributed by atoms with E-state index in [2.05, 4.69) is 16.3 Å². The molecule has 2 aliphatic heterocycles. The van der Waals surface area contributed by atoms with E-state index >= 15 is 0 Å². The molecule has 2 aliphatic rings. The van der Waals surface area contributed by atoms with Gasteiger partial charge in [0, 0.05) is 29.9 Å². The number of carbonyl (C=O) groups excluding carboxylic acids is 2. The largest absolute Gasteiger partial charge is 0.355 e. The molecule has 1 aromatic rings. The van der Waals surface area contributed by atoms with Gasteiger partial charge in [-0.3, -0.25) is 14.5 Å². The summed E-state index contributed by atoms with van der Waals surface area (Å²) in [7, 11) is -3.01. The highest BCUT2D eigenvalue weighted by atomic mass is 32.2. The topological polar surface area (TPSA) is 86.8 Å². The van der Waals surface area contributed by atoms with Crippen LogP contribution in [-0.4, -0.2) is 80.3 Å². The standard InChI is InChI=1S/C20H31N3O4S2/c1-2-23(17-8-13-29(26,27)15-17)19(24)14-22-10-6-16(7-11-22)20(25)21-9-5-18-4-3-12-28-18/h3-4,12,16-17H,2,5-11,13-15H2,1H3,(H,21,25). The van der Waals surface area contributed by atoms with E-state index in [0.29, 0.717) is 26.1 Å². The Morgan fingerprint density at radius 3 is 2.62 bits per heavy atom. The van der Waals surface area contributed by atoms with Crippen molar-refractivity contribution in [1.82, 2.24) is 15.1 Å². The summed E-state index contributed by atoms with van der Waals surface area (Å²) in [6.45, 7) is 4.83. The van der Waals surface area contributed by atoms with Gasteiger partial charge in [0.15, 0.2) is 9.84 Å². The number of nitrogens with zero attached hydrogens (tertiary/aromatic N) is 2. The highest BCUT2D eigenvalue weighted by Gasteiger charge is 2.34. The average Bonchev–Trinajstić information content (AvgIpc) is 3.32. The van der Waals surface area contributed by atoms with Crippen molar-refractivity contribution >= 4 is 33.0 Å². The molecule has 162 valence electrons. The number of hydrogen-bond acceptors (Lipinski definition) is 6. The summed E-state index contributed by atoms with van der Waals surface area (Å²) in [4.78, 5) is 30.2. The molecule has 0 radical (unpaired) electrons. The van der Waals surface area contributed by atoms with Gasteiger partial charge in [-0.15, -0.1) is 11.3 Å². The first kappa shape index (κ1) is 22.2. The van der Waals surface area contributed by atoms with Crippen molar-refractivity contribution in [3.63, 3.8) is 0 Å². The molecule has 0 bridgehead atoms. The van der Waals surface area contributed by atoms with Crippen LogP contribution >= 0.6 is 11.3 Å². The minimum Gasteiger partial charge on any atom is -0.355 e. The smallest absolute Gasteiger partial charge is 0.237 e. The van der Waals surface area contributed by atoms with E-state index in [9.17, 15) is 18.0 Å². The van der Waals surface area contributed by atoms with Crippen molar-refractivity contribution in [1.29, 1.82) is 0 Å². The maximum atomic E-state index is 12.7. The van der Waals surface area contributed by atoms with E-state index in [0.717, 1.165) is 32.4 Å². The van der Waals surface area contributed by atoms with Gasteiger partial charge < -0.3 is 10.2 Å². The minimum absolute atomic E-state index is 0.00607. The van der Waals surface area contributed by atoms with Crippen molar-refractivity contribution in [2.24, 2.45) is 5.92 Å². The molecule has 2 fully saturated rings. The Hall–Kier alpha value is -1.45. The van der Waals surface area contributed by atoms with Crippen LogP contribution in [0.5, 0.6) is 0 Å². The van der Waals surface area contributed by atoms with Gasteiger partial charge in [-0.2, -0.15) is 0 Å². The Morgan fingerprint density at radius 2 is 2.03 bits per heavy atom. The maximum absolute atomic E-state index is 12.7. The van der Waals surface area contributed by atoms with Crippen molar-refractivity contribution in [2.45, 2.75) is 38.6 Å². The Kier molecular flexibility index (Phi) is 7.70. The van der Waals surface area contributed by atoms with Crippen LogP contribution in [-0.2, 0) is 25.8 Å². The number of piperidine rings is 1. The zero-order chi connectivity index (χ0) is 20.9. The molecule has 1 atom stereocenters. The lowest BCUT2D eigenvalue weighted by Gasteiger charge is -2.34. The van der Waals surface area contributed by atoms with Gasteiger partial charge in [0.1, 0.15) is 0 Å². The second-order valence-corrected chi connectivity index (χ2v) is 11.2. The number of sulfone groups is 1. The van der Waals surface area contributed by atoms with Gasteiger partial charge in [-0.25, -0.2) is 8.42 Å². The number of thiophene rings is 1. The fraction of sp³-hybridized carbons (Fsp3) is 0.700. The molecule has 1 aromatic heterocycles. The Labute approximate surface area is 177 Å². The van der Waals surface area contributed by atoms with Crippen molar-refractivity contribution in [3.8, 4) is 0 Å². The van der Waals surface area contributed by atoms with Gasteiger partial charge in [0.25, 0.3) is 0 Å². The van der Waals surface area contributed by atoms with Crippen LogP contribution in [0.25, 0.3) is 0 Å². The predicted octanol–water partition coefficient (Wildman–Crippen LogP) is 1.15. The fourth-order valence-electron chi connectivity index (χ4n) is 4.20. The summed E-state index contributed by atoms with van der Waals surface area (Å²) >= 11 is 1.70. The minimum atomic E-state index is -3.01. The van der Waals surface area contributed by atoms with E-state index in [4.69, 9.17) is 0 Å². The summed E-state index contributed by atoms with van der Waals surface area (Å²) in [5.74, 6) is 0.369. The first-order valence-electron chi connectivity index (χ1n) is 10.4. The van der Waals surface area contributed by atoms with Crippen LogP contribution < -0.4 is 5.32 Å². The molecule has 2 saturated heterocycles. The average molecular weight is 442 g/mol. The van der Waals surface area contributed by atoms with Crippen LogP contribution in [0.3, 0.4) is 0 Å². The van der Waals surface area contributed by atoms with E-state index in [1.54, 1.807) is 16.2 Å². The molecule has 0 saturated carbocycles. The summed E-state index contributed by atoms with van der Waals surface area (Å²) in [5, 5.41) is 5.08. The number of rotatable bonds is 8. The molecule has 3 rings (SSSR count). The summed E-state index contributed by atoms with van der Waals surface area (Å²) in [6, 6.07) is 3.90. The molecule has 9 heteroatoms. The van der Waals surface area contributed by atoms with Crippen LogP contribution in [0.1, 0.15) is 31.1 Å². The van der Waals surface area contributed by atoms with Crippen LogP contribution in [0.15, 0.2) is 17.5 Å². The summed E-state index contributed by atoms with van der Waals surface area (Å²) in [6.07, 6.45) is 2.90. The monoisotopic (exact) mass is 441 g/mol. The molecule has 1 unspecified atom stereocenters. The third-order valence-electron chi connectivity index (χ3n) is 5.88. The molecule has 2 amide bonds. The zero-order valence-corrected chi connectivity index (χ0v) is 18.6. The lowest BCUT2D eigenvalue weighted by atomic mass is 9.96. The van der Waals surface area contributed by atoms with Crippen molar-refractivity contribution in [2.75, 3.05) is 44.2 Å². The second kappa shape index (κ2) is 10.0. The molecular formula is C20H31N3O4S2. The number of likely N-dealkylation sites (N-methyl/N-ethyl adjacent to an activating group) is 1. The molecule has 0 spiro atoms. The van der Waals surface area contributed by atoms with Gasteiger partial charge in [0.2, 0.25) is 11.8 Å². The fourth-order valence-corrected chi connectivity index (χ4v) is 6.64. The number of amides is 2. The Morgan fingerprint density at radius 1 is 1.28 bits per heavy atom. The number of likely N-dealkylation sites (tertiary alicyclic amines) is 1. The van der Waals surface area contributed by atoms with Crippen LogP contribution in [0, 0.1) is 5.92 Å². The summed E-state index contributed by atoms with van der Waals surface area (Å²) in [5.41, 5.74) is 0. The second-order valence-electron chi connectivity index (χ2n) is 7.91. The van der Waals surface area contributed by atoms with Crippen molar-refractivity contribution < 1.29 is 18.0 Å². The normalized spacial score (nSPS) is 22.4. The van der Waals surface area contributed by atoms with Crippen molar-refractivity contribution in [3.05, 3.63) is 22.4 Å². The van der Waals surface area contributed by atoms with Crippen LogP contribution in [0.4, 0.5) is 0 Å². The van der Waals surface area contributed by atoms with Gasteiger partial charge in [-0.05, 0) is 57.1 Å². The highest BCUT2D eigenvalue weighted by molar-refractivity contribution is 7.91. The molecule has 0 aromatic carbocycles. The highest BCUT2D eigenvalue weighted by Crippen LogP contribution is 2.20. The first-order chi connectivity index (χ1) is 13.9. The van der Waals surface area contributed by atoms with E-state index in [-0.39, 0.29) is 35.3 Å². The lowest BCUT2D eigenvalue weighted by molar-refractivity contribution is -0.134. The molecule has 29 heavy (non-hydrogen) atoms. The molecule has 0 aliphatic carbocycles. The Balaban J connectivity index is 1.39. The van der Waals surface area contributed by atoms with Crippen LogP contribution in [0.2, 0.25) is 0 Å². The van der Waals surface area contributed by atoms with E-state index in [1.807, 2.05) is 18.4 Å². The first-order valence-corrected chi connectivity index (χ1v) is 13.1. The molecule has 3 heterocycles. The van der Waals surface area contributed by atoms with Gasteiger partial charge in [0.05, 0.1) is 18.1 Å². The lowest BCUT2D eigenvalue weighted by Crippen LogP contribution is -2.48. The molecule has 1 N–H and O–H groups in total.